The van der Waals surface area contributed by atoms with Crippen LogP contribution in [0.3, 0.4) is 0 Å². The quantitative estimate of drug-likeness (QED) is 0.302. The summed E-state index contributed by atoms with van der Waals surface area (Å²) in [5.74, 6) is 0. The fraction of sp³-hybridized carbons (Fsp3) is 1.00. The first-order valence-corrected chi connectivity index (χ1v) is 3.04. The SMILES string of the molecule is N[C@H]1[C@H](O)COC(O)[C@@H]1O. The van der Waals surface area contributed by atoms with E-state index in [4.69, 9.17) is 21.1 Å². The number of hydrogen-bond donors (Lipinski definition) is 4. The van der Waals surface area contributed by atoms with E-state index in [-0.39, 0.29) is 6.61 Å². The molecular weight excluding hydrogens is 138 g/mol. The number of rotatable bonds is 0. The molecule has 1 saturated heterocycles. The van der Waals surface area contributed by atoms with E-state index in [2.05, 4.69) is 4.74 Å². The third-order valence-electron chi connectivity index (χ3n) is 1.57. The van der Waals surface area contributed by atoms with Crippen molar-refractivity contribution in [1.29, 1.82) is 0 Å². The lowest BCUT2D eigenvalue weighted by Crippen LogP contribution is -2.57. The number of ether oxygens (including phenoxy) is 1. The Bertz CT molecular complexity index is 106. The van der Waals surface area contributed by atoms with Crippen LogP contribution in [0.1, 0.15) is 0 Å². The van der Waals surface area contributed by atoms with Gasteiger partial charge < -0.3 is 25.8 Å². The van der Waals surface area contributed by atoms with Crippen LogP contribution in [0.25, 0.3) is 0 Å². The molecule has 1 rings (SSSR count). The van der Waals surface area contributed by atoms with Crippen LogP contribution in [0, 0.1) is 0 Å². The van der Waals surface area contributed by atoms with Gasteiger partial charge in [-0.3, -0.25) is 0 Å². The van der Waals surface area contributed by atoms with Crippen LogP contribution in [0.5, 0.6) is 0 Å². The third kappa shape index (κ3) is 1.28. The maximum absolute atomic E-state index is 8.96. The first-order valence-electron chi connectivity index (χ1n) is 3.04. The second kappa shape index (κ2) is 2.81. The van der Waals surface area contributed by atoms with E-state index in [1.807, 2.05) is 0 Å². The average molecular weight is 149 g/mol. The van der Waals surface area contributed by atoms with Gasteiger partial charge in [0.25, 0.3) is 0 Å². The highest BCUT2D eigenvalue weighted by Crippen LogP contribution is 2.10. The molecule has 1 aliphatic rings. The second-order valence-electron chi connectivity index (χ2n) is 2.36. The van der Waals surface area contributed by atoms with Gasteiger partial charge in [0.1, 0.15) is 6.10 Å². The van der Waals surface area contributed by atoms with Gasteiger partial charge in [0.2, 0.25) is 0 Å². The van der Waals surface area contributed by atoms with Gasteiger partial charge in [-0.2, -0.15) is 0 Å². The Morgan fingerprint density at radius 2 is 1.90 bits per heavy atom. The van der Waals surface area contributed by atoms with Crippen molar-refractivity contribution in [2.75, 3.05) is 6.61 Å². The number of nitrogens with two attached hydrogens (primary N) is 1. The lowest BCUT2D eigenvalue weighted by atomic mass is 10.0. The normalized spacial score (nSPS) is 49.2. The van der Waals surface area contributed by atoms with Crippen molar-refractivity contribution in [2.45, 2.75) is 24.5 Å². The molecule has 1 heterocycles. The van der Waals surface area contributed by atoms with E-state index < -0.39 is 24.5 Å². The summed E-state index contributed by atoms with van der Waals surface area (Å²) >= 11 is 0. The summed E-state index contributed by atoms with van der Waals surface area (Å²) in [7, 11) is 0. The molecule has 1 aliphatic heterocycles. The third-order valence-corrected chi connectivity index (χ3v) is 1.57. The molecule has 0 aromatic carbocycles. The van der Waals surface area contributed by atoms with Gasteiger partial charge in [0, 0.05) is 0 Å². The molecule has 1 fully saturated rings. The first kappa shape index (κ1) is 7.90. The molecule has 4 atom stereocenters. The summed E-state index contributed by atoms with van der Waals surface area (Å²) < 4.78 is 4.55. The highest BCUT2D eigenvalue weighted by Gasteiger charge is 2.34. The van der Waals surface area contributed by atoms with E-state index in [1.54, 1.807) is 0 Å². The summed E-state index contributed by atoms with van der Waals surface area (Å²) in [5, 5.41) is 26.7. The van der Waals surface area contributed by atoms with Crippen molar-refractivity contribution in [3.05, 3.63) is 0 Å². The van der Waals surface area contributed by atoms with Gasteiger partial charge in [-0.1, -0.05) is 0 Å². The summed E-state index contributed by atoms with van der Waals surface area (Å²) in [5.41, 5.74) is 5.27. The first-order chi connectivity index (χ1) is 4.63. The highest BCUT2D eigenvalue weighted by molar-refractivity contribution is 4.84. The molecule has 0 aliphatic carbocycles. The standard InChI is InChI=1S/C5H11NO4/c6-3-2(7)1-10-5(9)4(3)8/h2-5,7-9H,1,6H2/t2-,3+,4-,5?/m1/s1. The van der Waals surface area contributed by atoms with E-state index in [0.29, 0.717) is 0 Å². The maximum atomic E-state index is 8.96. The van der Waals surface area contributed by atoms with Gasteiger partial charge in [-0.25, -0.2) is 0 Å². The molecule has 5 N–H and O–H groups in total. The smallest absolute Gasteiger partial charge is 0.182 e. The van der Waals surface area contributed by atoms with Gasteiger partial charge >= 0.3 is 0 Å². The van der Waals surface area contributed by atoms with Crippen molar-refractivity contribution < 1.29 is 20.1 Å². The topological polar surface area (TPSA) is 95.9 Å². The van der Waals surface area contributed by atoms with Gasteiger partial charge in [0.15, 0.2) is 6.29 Å². The Labute approximate surface area is 58.0 Å². The Kier molecular flexibility index (Phi) is 2.22. The molecule has 5 heteroatoms. The predicted molar refractivity (Wildman–Crippen MR) is 31.9 cm³/mol. The summed E-state index contributed by atoms with van der Waals surface area (Å²) in [4.78, 5) is 0. The van der Waals surface area contributed by atoms with Gasteiger partial charge in [0.05, 0.1) is 18.8 Å². The Morgan fingerprint density at radius 1 is 1.30 bits per heavy atom. The van der Waals surface area contributed by atoms with E-state index in [1.165, 1.54) is 0 Å². The fourth-order valence-electron chi connectivity index (χ4n) is 0.825. The zero-order chi connectivity index (χ0) is 7.72. The molecule has 10 heavy (non-hydrogen) atoms. The minimum absolute atomic E-state index is 0.0284. The van der Waals surface area contributed by atoms with Crippen LogP contribution < -0.4 is 5.73 Å². The van der Waals surface area contributed by atoms with Gasteiger partial charge in [-0.05, 0) is 0 Å². The van der Waals surface area contributed by atoms with E-state index in [0.717, 1.165) is 0 Å². The molecule has 0 saturated carbocycles. The zero-order valence-electron chi connectivity index (χ0n) is 5.34. The highest BCUT2D eigenvalue weighted by atomic mass is 16.6. The predicted octanol–water partition coefficient (Wildman–Crippen LogP) is -2.62. The molecule has 0 aromatic heterocycles. The Balaban J connectivity index is 2.52. The molecule has 0 spiro atoms. The molecule has 0 bridgehead atoms. The molecule has 0 aromatic rings. The lowest BCUT2D eigenvalue weighted by molar-refractivity contribution is -0.219. The summed E-state index contributed by atoms with van der Waals surface area (Å²) in [6.45, 7) is -0.0284. The van der Waals surface area contributed by atoms with Crippen LogP contribution in [0.15, 0.2) is 0 Å². The van der Waals surface area contributed by atoms with Crippen LogP contribution in [-0.4, -0.2) is 46.5 Å². The number of hydrogen-bond acceptors (Lipinski definition) is 5. The van der Waals surface area contributed by atoms with Crippen LogP contribution in [0.4, 0.5) is 0 Å². The minimum atomic E-state index is -1.27. The molecule has 0 radical (unpaired) electrons. The summed E-state index contributed by atoms with van der Waals surface area (Å²) in [6.07, 6.45) is -3.35. The van der Waals surface area contributed by atoms with Crippen molar-refractivity contribution in [1.82, 2.24) is 0 Å². The summed E-state index contributed by atoms with van der Waals surface area (Å²) in [6, 6.07) is -0.816. The number of aliphatic hydroxyl groups excluding tert-OH is 3. The van der Waals surface area contributed by atoms with E-state index >= 15 is 0 Å². The van der Waals surface area contributed by atoms with Crippen LogP contribution in [0.2, 0.25) is 0 Å². The fourth-order valence-corrected chi connectivity index (χ4v) is 0.825. The molecular formula is C5H11NO4. The average Bonchev–Trinajstić information content (AvgIpc) is 1.93. The van der Waals surface area contributed by atoms with E-state index in [9.17, 15) is 0 Å². The van der Waals surface area contributed by atoms with Crippen LogP contribution >= 0.6 is 0 Å². The van der Waals surface area contributed by atoms with Crippen molar-refractivity contribution in [3.63, 3.8) is 0 Å². The zero-order valence-corrected chi connectivity index (χ0v) is 5.34. The van der Waals surface area contributed by atoms with Crippen molar-refractivity contribution in [2.24, 2.45) is 5.73 Å². The van der Waals surface area contributed by atoms with Crippen molar-refractivity contribution in [3.8, 4) is 0 Å². The van der Waals surface area contributed by atoms with Gasteiger partial charge in [-0.15, -0.1) is 0 Å². The second-order valence-corrected chi connectivity index (χ2v) is 2.36. The monoisotopic (exact) mass is 149 g/mol. The minimum Gasteiger partial charge on any atom is -0.389 e. The Morgan fingerprint density at radius 3 is 2.40 bits per heavy atom. The molecule has 1 unspecified atom stereocenters. The maximum Gasteiger partial charge on any atom is 0.182 e. The molecule has 5 nitrogen and oxygen atoms in total. The Hall–Kier alpha value is -0.200. The van der Waals surface area contributed by atoms with Crippen molar-refractivity contribution >= 4 is 0 Å². The lowest BCUT2D eigenvalue weighted by Gasteiger charge is -2.32. The number of aliphatic hydroxyl groups is 3. The van der Waals surface area contributed by atoms with Crippen LogP contribution in [-0.2, 0) is 4.74 Å². The molecule has 60 valence electrons. The largest absolute Gasteiger partial charge is 0.389 e. The molecule has 0 amide bonds.